The second-order valence-corrected chi connectivity index (χ2v) is 2.79. The first-order valence-electron chi connectivity index (χ1n) is 4.21. The molecule has 0 aliphatic rings. The van der Waals surface area contributed by atoms with Crippen molar-refractivity contribution in [1.82, 2.24) is 0 Å². The molecule has 0 heterocycles. The molecule has 0 amide bonds. The third-order valence-electron chi connectivity index (χ3n) is 1.62. The van der Waals surface area contributed by atoms with Crippen molar-refractivity contribution in [2.45, 2.75) is 12.8 Å². The van der Waals surface area contributed by atoms with Crippen molar-refractivity contribution in [3.05, 3.63) is 12.7 Å². The molecule has 0 saturated carbocycles. The summed E-state index contributed by atoms with van der Waals surface area (Å²) in [6.45, 7) is 4.00. The molecule has 2 N–H and O–H groups in total. The Bertz CT molecular complexity index is 211. The number of carboxylic acids is 2. The molecule has 0 saturated heterocycles. The fourth-order valence-corrected chi connectivity index (χ4v) is 0.916. The van der Waals surface area contributed by atoms with Gasteiger partial charge in [-0.1, -0.05) is 6.08 Å². The molecule has 0 radical (unpaired) electrons. The van der Waals surface area contributed by atoms with E-state index in [0.717, 1.165) is 0 Å². The Hall–Kier alpha value is -1.36. The van der Waals surface area contributed by atoms with Gasteiger partial charge in [0.1, 0.15) is 0 Å². The second-order valence-electron chi connectivity index (χ2n) is 2.79. The lowest BCUT2D eigenvalue weighted by molar-refractivity contribution is -0.148. The predicted octanol–water partition coefficient (Wildman–Crippen LogP) is 0.755. The van der Waals surface area contributed by atoms with E-state index in [2.05, 4.69) is 6.58 Å². The monoisotopic (exact) mass is 202 g/mol. The van der Waals surface area contributed by atoms with E-state index in [9.17, 15) is 9.59 Å². The molecule has 0 aromatic heterocycles. The van der Waals surface area contributed by atoms with E-state index in [0.29, 0.717) is 6.61 Å². The van der Waals surface area contributed by atoms with Gasteiger partial charge >= 0.3 is 11.9 Å². The Morgan fingerprint density at radius 2 is 2.07 bits per heavy atom. The highest BCUT2D eigenvalue weighted by Crippen LogP contribution is 2.09. The minimum absolute atomic E-state index is 0.204. The summed E-state index contributed by atoms with van der Waals surface area (Å²) in [5.74, 6) is -3.09. The van der Waals surface area contributed by atoms with Gasteiger partial charge in [-0.2, -0.15) is 0 Å². The molecule has 80 valence electrons. The average Bonchev–Trinajstić information content (AvgIpc) is 2.09. The quantitative estimate of drug-likeness (QED) is 0.448. The third-order valence-corrected chi connectivity index (χ3v) is 1.62. The van der Waals surface area contributed by atoms with Crippen LogP contribution < -0.4 is 0 Å². The van der Waals surface area contributed by atoms with E-state index in [1.54, 1.807) is 6.08 Å². The van der Waals surface area contributed by atoms with Gasteiger partial charge in [0.05, 0.1) is 18.9 Å². The normalized spacial score (nSPS) is 12.0. The number of hydrogen-bond donors (Lipinski definition) is 2. The fourth-order valence-electron chi connectivity index (χ4n) is 0.916. The molecule has 0 rings (SSSR count). The van der Waals surface area contributed by atoms with Crippen LogP contribution in [0.4, 0.5) is 0 Å². The van der Waals surface area contributed by atoms with Crippen molar-refractivity contribution in [1.29, 1.82) is 0 Å². The predicted molar refractivity (Wildman–Crippen MR) is 49.0 cm³/mol. The molecule has 5 heteroatoms. The molecule has 0 aliphatic carbocycles. The number of hydrogen-bond acceptors (Lipinski definition) is 3. The van der Waals surface area contributed by atoms with Gasteiger partial charge in [-0.25, -0.2) is 0 Å². The first-order chi connectivity index (χ1) is 6.57. The summed E-state index contributed by atoms with van der Waals surface area (Å²) in [6.07, 6.45) is 1.38. The minimum Gasteiger partial charge on any atom is -0.481 e. The number of ether oxygens (including phenoxy) is 1. The molecule has 1 atom stereocenters. The average molecular weight is 202 g/mol. The summed E-state index contributed by atoms with van der Waals surface area (Å²) in [4.78, 5) is 20.8. The van der Waals surface area contributed by atoms with Gasteiger partial charge in [0, 0.05) is 6.61 Å². The van der Waals surface area contributed by atoms with Crippen LogP contribution in [0.5, 0.6) is 0 Å². The van der Waals surface area contributed by atoms with E-state index in [1.165, 1.54) is 0 Å². The zero-order chi connectivity index (χ0) is 11.0. The zero-order valence-electron chi connectivity index (χ0n) is 7.81. The summed E-state index contributed by atoms with van der Waals surface area (Å²) >= 11 is 0. The van der Waals surface area contributed by atoms with Gasteiger partial charge < -0.3 is 14.9 Å². The maximum Gasteiger partial charge on any atom is 0.307 e. The Morgan fingerprint density at radius 3 is 2.50 bits per heavy atom. The van der Waals surface area contributed by atoms with Crippen LogP contribution in [-0.4, -0.2) is 35.4 Å². The summed E-state index contributed by atoms with van der Waals surface area (Å²) in [5, 5.41) is 17.1. The maximum absolute atomic E-state index is 10.6. The second kappa shape index (κ2) is 7.08. The molecule has 0 spiro atoms. The molecule has 0 aromatic carbocycles. The summed E-state index contributed by atoms with van der Waals surface area (Å²) in [7, 11) is 0. The number of rotatable bonds is 8. The lowest BCUT2D eigenvalue weighted by atomic mass is 10.0. The molecular formula is C9H14O5. The van der Waals surface area contributed by atoms with Crippen LogP contribution in [0.3, 0.4) is 0 Å². The highest BCUT2D eigenvalue weighted by molar-refractivity contribution is 5.77. The molecule has 0 fully saturated rings. The van der Waals surface area contributed by atoms with E-state index >= 15 is 0 Å². The topological polar surface area (TPSA) is 83.8 Å². The zero-order valence-corrected chi connectivity index (χ0v) is 7.81. The van der Waals surface area contributed by atoms with Crippen LogP contribution in [0.1, 0.15) is 12.8 Å². The van der Waals surface area contributed by atoms with Crippen LogP contribution in [-0.2, 0) is 14.3 Å². The summed E-state index contributed by atoms with van der Waals surface area (Å²) in [6, 6.07) is 0. The molecule has 0 aromatic rings. The van der Waals surface area contributed by atoms with Gasteiger partial charge in [0.25, 0.3) is 0 Å². The Kier molecular flexibility index (Phi) is 6.39. The molecule has 1 unspecified atom stereocenters. The van der Waals surface area contributed by atoms with Crippen molar-refractivity contribution in [3.63, 3.8) is 0 Å². The summed E-state index contributed by atoms with van der Waals surface area (Å²) < 4.78 is 4.97. The lowest BCUT2D eigenvalue weighted by Gasteiger charge is -2.08. The van der Waals surface area contributed by atoms with Crippen LogP contribution in [0.2, 0.25) is 0 Å². The van der Waals surface area contributed by atoms with Gasteiger partial charge in [0.15, 0.2) is 0 Å². The van der Waals surface area contributed by atoms with E-state index in [-0.39, 0.29) is 19.4 Å². The van der Waals surface area contributed by atoms with Crippen molar-refractivity contribution >= 4 is 11.9 Å². The Labute approximate surface area is 82.0 Å². The molecule has 0 bridgehead atoms. The van der Waals surface area contributed by atoms with Crippen LogP contribution in [0.25, 0.3) is 0 Å². The highest BCUT2D eigenvalue weighted by atomic mass is 16.5. The third kappa shape index (κ3) is 6.19. The SMILES string of the molecule is C=CCOCCC(CC(=O)O)C(=O)O. The van der Waals surface area contributed by atoms with Gasteiger partial charge in [-0.3, -0.25) is 9.59 Å². The van der Waals surface area contributed by atoms with Crippen molar-refractivity contribution in [2.24, 2.45) is 5.92 Å². The van der Waals surface area contributed by atoms with Gasteiger partial charge in [-0.05, 0) is 6.42 Å². The molecule has 5 nitrogen and oxygen atoms in total. The Morgan fingerprint density at radius 1 is 1.43 bits per heavy atom. The van der Waals surface area contributed by atoms with E-state index in [4.69, 9.17) is 14.9 Å². The van der Waals surface area contributed by atoms with Crippen molar-refractivity contribution < 1.29 is 24.5 Å². The first kappa shape index (κ1) is 12.6. The maximum atomic E-state index is 10.6. The van der Waals surface area contributed by atoms with Crippen molar-refractivity contribution in [3.8, 4) is 0 Å². The van der Waals surface area contributed by atoms with Gasteiger partial charge in [-0.15, -0.1) is 6.58 Å². The van der Waals surface area contributed by atoms with Crippen LogP contribution in [0, 0.1) is 5.92 Å². The standard InChI is InChI=1S/C9H14O5/c1-2-4-14-5-3-7(9(12)13)6-8(10)11/h2,7H,1,3-6H2,(H,10,11)(H,12,13). The number of carboxylic acid groups (broad SMARTS) is 2. The van der Waals surface area contributed by atoms with Crippen LogP contribution in [0.15, 0.2) is 12.7 Å². The smallest absolute Gasteiger partial charge is 0.307 e. The lowest BCUT2D eigenvalue weighted by Crippen LogP contribution is -2.19. The van der Waals surface area contributed by atoms with Gasteiger partial charge in [0.2, 0.25) is 0 Å². The highest BCUT2D eigenvalue weighted by Gasteiger charge is 2.20. The number of carbonyl (C=O) groups is 2. The van der Waals surface area contributed by atoms with Crippen molar-refractivity contribution in [2.75, 3.05) is 13.2 Å². The van der Waals surface area contributed by atoms with E-state index in [1.807, 2.05) is 0 Å². The largest absolute Gasteiger partial charge is 0.481 e. The molecule has 0 aliphatic heterocycles. The van der Waals surface area contributed by atoms with E-state index < -0.39 is 17.9 Å². The molecular weight excluding hydrogens is 188 g/mol. The van der Waals surface area contributed by atoms with Crippen LogP contribution >= 0.6 is 0 Å². The first-order valence-corrected chi connectivity index (χ1v) is 4.21. The Balaban J connectivity index is 3.79. The molecule has 14 heavy (non-hydrogen) atoms. The number of aliphatic carboxylic acids is 2. The summed E-state index contributed by atoms with van der Waals surface area (Å²) in [5.41, 5.74) is 0. The minimum atomic E-state index is -1.11. The fraction of sp³-hybridized carbons (Fsp3) is 0.556.